The molecule has 6 nitrogen and oxygen atoms in total. The minimum absolute atomic E-state index is 0.0465. The summed E-state index contributed by atoms with van der Waals surface area (Å²) in [5.74, 6) is 1.84. The molecule has 1 heterocycles. The van der Waals surface area contributed by atoms with Crippen LogP contribution in [0.2, 0.25) is 0 Å². The molecule has 1 aromatic rings. The number of methoxy groups -OCH3 is 1. The van der Waals surface area contributed by atoms with Crippen LogP contribution in [-0.4, -0.2) is 28.8 Å². The Morgan fingerprint density at radius 3 is 2.95 bits per heavy atom. The third kappa shape index (κ3) is 3.25. The maximum absolute atomic E-state index is 12.1. The van der Waals surface area contributed by atoms with Crippen LogP contribution in [0.5, 0.6) is 0 Å². The fourth-order valence-corrected chi connectivity index (χ4v) is 3.79. The number of hydrogen-bond donors (Lipinski definition) is 1. The molecule has 0 aliphatic heterocycles. The van der Waals surface area contributed by atoms with Crippen molar-refractivity contribution in [3.05, 3.63) is 12.4 Å². The summed E-state index contributed by atoms with van der Waals surface area (Å²) >= 11 is 0. The van der Waals surface area contributed by atoms with Crippen molar-refractivity contribution in [1.29, 1.82) is 0 Å². The Hall–Kier alpha value is -1.85. The zero-order chi connectivity index (χ0) is 14.8. The first-order valence-corrected chi connectivity index (χ1v) is 7.53. The quantitative estimate of drug-likeness (QED) is 0.840. The van der Waals surface area contributed by atoms with Gasteiger partial charge in [0.1, 0.15) is 6.54 Å². The standard InChI is InChI=1S/C15H21N3O3/c1-21-15(20)9-18-8-13(7-16-18)17-14(19)6-12-5-10-2-3-11(12)4-10/h7-8,10-12H,2-6,9H2,1H3,(H,17,19). The fourth-order valence-electron chi connectivity index (χ4n) is 3.79. The molecule has 1 aromatic heterocycles. The number of ether oxygens (including phenoxy) is 1. The maximum Gasteiger partial charge on any atom is 0.327 e. The molecule has 6 heteroatoms. The molecule has 2 bridgehead atoms. The zero-order valence-corrected chi connectivity index (χ0v) is 12.2. The van der Waals surface area contributed by atoms with E-state index in [1.54, 1.807) is 12.4 Å². The lowest BCUT2D eigenvalue weighted by Gasteiger charge is -2.20. The molecule has 21 heavy (non-hydrogen) atoms. The Balaban J connectivity index is 1.49. The van der Waals surface area contributed by atoms with E-state index in [0.29, 0.717) is 18.0 Å². The van der Waals surface area contributed by atoms with Crippen molar-refractivity contribution in [3.63, 3.8) is 0 Å². The van der Waals surface area contributed by atoms with Crippen LogP contribution in [0.15, 0.2) is 12.4 Å². The van der Waals surface area contributed by atoms with Crippen LogP contribution in [0, 0.1) is 17.8 Å². The highest BCUT2D eigenvalue weighted by molar-refractivity contribution is 5.90. The molecule has 114 valence electrons. The van der Waals surface area contributed by atoms with Gasteiger partial charge in [0.05, 0.1) is 19.0 Å². The van der Waals surface area contributed by atoms with Crippen LogP contribution >= 0.6 is 0 Å². The molecule has 3 atom stereocenters. The summed E-state index contributed by atoms with van der Waals surface area (Å²) in [7, 11) is 1.34. The number of rotatable bonds is 5. The molecule has 0 spiro atoms. The topological polar surface area (TPSA) is 73.2 Å². The SMILES string of the molecule is COC(=O)Cn1cc(NC(=O)CC2CC3CCC2C3)cn1. The van der Waals surface area contributed by atoms with Gasteiger partial charge in [-0.3, -0.25) is 14.3 Å². The van der Waals surface area contributed by atoms with E-state index in [-0.39, 0.29) is 18.4 Å². The molecule has 1 amide bonds. The van der Waals surface area contributed by atoms with E-state index in [9.17, 15) is 9.59 Å². The molecule has 0 aromatic carbocycles. The first-order valence-electron chi connectivity index (χ1n) is 7.53. The van der Waals surface area contributed by atoms with Crippen LogP contribution in [0.4, 0.5) is 5.69 Å². The molecule has 0 radical (unpaired) electrons. The van der Waals surface area contributed by atoms with Crippen LogP contribution < -0.4 is 5.32 Å². The Labute approximate surface area is 123 Å². The summed E-state index contributed by atoms with van der Waals surface area (Å²) in [5.41, 5.74) is 0.632. The van der Waals surface area contributed by atoms with Crippen molar-refractivity contribution in [3.8, 4) is 0 Å². The number of anilines is 1. The monoisotopic (exact) mass is 291 g/mol. The smallest absolute Gasteiger partial charge is 0.327 e. The summed E-state index contributed by atoms with van der Waals surface area (Å²) in [4.78, 5) is 23.2. The predicted molar refractivity (Wildman–Crippen MR) is 76.4 cm³/mol. The second-order valence-corrected chi connectivity index (χ2v) is 6.19. The van der Waals surface area contributed by atoms with Crippen molar-refractivity contribution in [1.82, 2.24) is 9.78 Å². The van der Waals surface area contributed by atoms with Crippen LogP contribution in [-0.2, 0) is 20.9 Å². The molecule has 1 N–H and O–H groups in total. The highest BCUT2D eigenvalue weighted by Gasteiger charge is 2.40. The number of aromatic nitrogens is 2. The largest absolute Gasteiger partial charge is 0.468 e. The van der Waals surface area contributed by atoms with Gasteiger partial charge >= 0.3 is 5.97 Å². The molecular formula is C15H21N3O3. The number of hydrogen-bond acceptors (Lipinski definition) is 4. The van der Waals surface area contributed by atoms with E-state index in [0.717, 1.165) is 11.8 Å². The third-order valence-electron chi connectivity index (χ3n) is 4.77. The van der Waals surface area contributed by atoms with Gasteiger partial charge < -0.3 is 10.1 Å². The summed E-state index contributed by atoms with van der Waals surface area (Å²) < 4.78 is 6.03. The van der Waals surface area contributed by atoms with Gasteiger partial charge in [0.25, 0.3) is 0 Å². The van der Waals surface area contributed by atoms with E-state index in [2.05, 4.69) is 15.2 Å². The van der Waals surface area contributed by atoms with Gasteiger partial charge in [-0.15, -0.1) is 0 Å². The Morgan fingerprint density at radius 2 is 2.29 bits per heavy atom. The van der Waals surface area contributed by atoms with Crippen LogP contribution in [0.3, 0.4) is 0 Å². The van der Waals surface area contributed by atoms with E-state index in [1.807, 2.05) is 0 Å². The number of carbonyl (C=O) groups excluding carboxylic acids is 2. The highest BCUT2D eigenvalue weighted by atomic mass is 16.5. The van der Waals surface area contributed by atoms with Crippen molar-refractivity contribution < 1.29 is 14.3 Å². The van der Waals surface area contributed by atoms with E-state index < -0.39 is 0 Å². The molecule has 2 aliphatic carbocycles. The fraction of sp³-hybridized carbons (Fsp3) is 0.667. The van der Waals surface area contributed by atoms with Crippen molar-refractivity contribution in [2.75, 3.05) is 12.4 Å². The number of fused-ring (bicyclic) bond motifs is 2. The summed E-state index contributed by atoms with van der Waals surface area (Å²) in [6.45, 7) is 0.0543. The highest BCUT2D eigenvalue weighted by Crippen LogP contribution is 2.49. The van der Waals surface area contributed by atoms with Gasteiger partial charge in [-0.05, 0) is 37.0 Å². The maximum atomic E-state index is 12.1. The molecule has 3 unspecified atom stereocenters. The molecular weight excluding hydrogens is 270 g/mol. The molecule has 2 saturated carbocycles. The average molecular weight is 291 g/mol. The number of amides is 1. The van der Waals surface area contributed by atoms with Gasteiger partial charge in [-0.2, -0.15) is 5.10 Å². The normalized spacial score (nSPS) is 26.8. The predicted octanol–water partition coefficient (Wildman–Crippen LogP) is 1.82. The lowest BCUT2D eigenvalue weighted by molar-refractivity contribution is -0.141. The lowest BCUT2D eigenvalue weighted by atomic mass is 9.86. The average Bonchev–Trinajstić information content (AvgIpc) is 3.15. The molecule has 3 rings (SSSR count). The molecule has 0 saturated heterocycles. The Bertz CT molecular complexity index is 540. The number of esters is 1. The minimum Gasteiger partial charge on any atom is -0.468 e. The summed E-state index contributed by atoms with van der Waals surface area (Å²) in [5, 5.41) is 6.89. The van der Waals surface area contributed by atoms with Gasteiger partial charge in [0.2, 0.25) is 5.91 Å². The third-order valence-corrected chi connectivity index (χ3v) is 4.77. The van der Waals surface area contributed by atoms with Crippen molar-refractivity contribution in [2.45, 2.75) is 38.6 Å². The van der Waals surface area contributed by atoms with Gasteiger partial charge in [-0.25, -0.2) is 0 Å². The van der Waals surface area contributed by atoms with Gasteiger partial charge in [-0.1, -0.05) is 6.42 Å². The summed E-state index contributed by atoms with van der Waals surface area (Å²) in [6.07, 6.45) is 8.97. The Kier molecular flexibility index (Phi) is 3.94. The van der Waals surface area contributed by atoms with Crippen LogP contribution in [0.25, 0.3) is 0 Å². The first kappa shape index (κ1) is 14.1. The Morgan fingerprint density at radius 1 is 1.43 bits per heavy atom. The first-order chi connectivity index (χ1) is 10.1. The number of nitrogens with zero attached hydrogens (tertiary/aromatic N) is 2. The summed E-state index contributed by atoms with van der Waals surface area (Å²) in [6, 6.07) is 0. The number of nitrogens with one attached hydrogen (secondary N) is 1. The lowest BCUT2D eigenvalue weighted by Crippen LogP contribution is -2.20. The van der Waals surface area contributed by atoms with E-state index in [1.165, 1.54) is 37.5 Å². The van der Waals surface area contributed by atoms with Crippen molar-refractivity contribution >= 4 is 17.6 Å². The minimum atomic E-state index is -0.363. The van der Waals surface area contributed by atoms with Gasteiger partial charge in [0.15, 0.2) is 0 Å². The van der Waals surface area contributed by atoms with E-state index in [4.69, 9.17) is 0 Å². The number of carbonyl (C=O) groups is 2. The zero-order valence-electron chi connectivity index (χ0n) is 12.2. The molecule has 2 aliphatic rings. The molecule has 2 fully saturated rings. The second kappa shape index (κ2) is 5.87. The van der Waals surface area contributed by atoms with Crippen molar-refractivity contribution in [2.24, 2.45) is 17.8 Å². The van der Waals surface area contributed by atoms with Crippen LogP contribution in [0.1, 0.15) is 32.1 Å². The van der Waals surface area contributed by atoms with E-state index >= 15 is 0 Å². The second-order valence-electron chi connectivity index (χ2n) is 6.19. The van der Waals surface area contributed by atoms with Gasteiger partial charge in [0, 0.05) is 12.6 Å².